The van der Waals surface area contributed by atoms with Gasteiger partial charge in [0.2, 0.25) is 0 Å². The van der Waals surface area contributed by atoms with E-state index in [4.69, 9.17) is 0 Å². The van der Waals surface area contributed by atoms with Crippen molar-refractivity contribution < 1.29 is 9.50 Å². The molecule has 0 amide bonds. The average molecular weight is 209 g/mol. The highest BCUT2D eigenvalue weighted by Crippen LogP contribution is 2.24. The molecule has 0 aromatic heterocycles. The Balaban J connectivity index is 2.12. The second-order valence-corrected chi connectivity index (χ2v) is 4.23. The van der Waals surface area contributed by atoms with Gasteiger partial charge in [-0.1, -0.05) is 6.07 Å². The summed E-state index contributed by atoms with van der Waals surface area (Å²) in [7, 11) is 0. The summed E-state index contributed by atoms with van der Waals surface area (Å²) >= 11 is 0. The van der Waals surface area contributed by atoms with Crippen LogP contribution in [0.15, 0.2) is 18.2 Å². The molecule has 15 heavy (non-hydrogen) atoms. The van der Waals surface area contributed by atoms with Crippen LogP contribution in [0.2, 0.25) is 0 Å². The van der Waals surface area contributed by atoms with E-state index in [1.54, 1.807) is 12.1 Å². The standard InChI is InChI=1S/C12H16FNO/c1-8-5-6-9(13)11(7-8)14-10-3-2-4-12(10)15/h5-7,10,12,14-15H,2-4H2,1H3. The predicted molar refractivity (Wildman–Crippen MR) is 58.4 cm³/mol. The van der Waals surface area contributed by atoms with Crippen LogP contribution in [0.3, 0.4) is 0 Å². The highest BCUT2D eigenvalue weighted by atomic mass is 19.1. The maximum Gasteiger partial charge on any atom is 0.146 e. The summed E-state index contributed by atoms with van der Waals surface area (Å²) in [5.41, 5.74) is 1.52. The molecule has 1 aromatic rings. The van der Waals surface area contributed by atoms with E-state index in [9.17, 15) is 9.50 Å². The summed E-state index contributed by atoms with van der Waals surface area (Å²) in [6.07, 6.45) is 2.39. The van der Waals surface area contributed by atoms with Crippen LogP contribution < -0.4 is 5.32 Å². The third-order valence-corrected chi connectivity index (χ3v) is 2.94. The Morgan fingerprint density at radius 2 is 2.20 bits per heavy atom. The number of aliphatic hydroxyl groups excluding tert-OH is 1. The van der Waals surface area contributed by atoms with Gasteiger partial charge in [0.05, 0.1) is 17.8 Å². The van der Waals surface area contributed by atoms with Gasteiger partial charge in [0.15, 0.2) is 0 Å². The van der Waals surface area contributed by atoms with E-state index >= 15 is 0 Å². The Labute approximate surface area is 89.1 Å². The molecule has 82 valence electrons. The van der Waals surface area contributed by atoms with Crippen molar-refractivity contribution in [2.24, 2.45) is 0 Å². The fourth-order valence-electron chi connectivity index (χ4n) is 2.06. The van der Waals surface area contributed by atoms with Gasteiger partial charge in [-0.3, -0.25) is 0 Å². The highest BCUT2D eigenvalue weighted by Gasteiger charge is 2.25. The molecule has 1 aliphatic carbocycles. The zero-order valence-electron chi connectivity index (χ0n) is 8.83. The molecule has 0 aliphatic heterocycles. The third-order valence-electron chi connectivity index (χ3n) is 2.94. The molecule has 2 N–H and O–H groups in total. The second kappa shape index (κ2) is 4.19. The van der Waals surface area contributed by atoms with Gasteiger partial charge in [0, 0.05) is 0 Å². The molecule has 2 nitrogen and oxygen atoms in total. The molecule has 0 heterocycles. The molecular weight excluding hydrogens is 193 g/mol. The summed E-state index contributed by atoms with van der Waals surface area (Å²) in [5, 5.41) is 12.7. The first kappa shape index (κ1) is 10.4. The van der Waals surface area contributed by atoms with E-state index in [-0.39, 0.29) is 18.0 Å². The van der Waals surface area contributed by atoms with Gasteiger partial charge in [0.1, 0.15) is 5.82 Å². The van der Waals surface area contributed by atoms with Crippen LogP contribution in [-0.4, -0.2) is 17.3 Å². The number of hydrogen-bond donors (Lipinski definition) is 2. The number of aliphatic hydroxyl groups is 1. The van der Waals surface area contributed by atoms with Crippen LogP contribution in [0.4, 0.5) is 10.1 Å². The maximum atomic E-state index is 13.4. The Bertz CT molecular complexity index is 353. The first-order valence-corrected chi connectivity index (χ1v) is 5.37. The van der Waals surface area contributed by atoms with Crippen LogP contribution in [-0.2, 0) is 0 Å². The molecule has 0 bridgehead atoms. The minimum Gasteiger partial charge on any atom is -0.391 e. The van der Waals surface area contributed by atoms with Crippen molar-refractivity contribution in [2.75, 3.05) is 5.32 Å². The van der Waals surface area contributed by atoms with Gasteiger partial charge in [-0.25, -0.2) is 4.39 Å². The van der Waals surface area contributed by atoms with Crippen molar-refractivity contribution in [3.05, 3.63) is 29.6 Å². The van der Waals surface area contributed by atoms with E-state index in [2.05, 4.69) is 5.32 Å². The van der Waals surface area contributed by atoms with Gasteiger partial charge in [-0.15, -0.1) is 0 Å². The topological polar surface area (TPSA) is 32.3 Å². The molecule has 2 atom stereocenters. The van der Waals surface area contributed by atoms with E-state index < -0.39 is 0 Å². The van der Waals surface area contributed by atoms with E-state index in [0.29, 0.717) is 5.69 Å². The van der Waals surface area contributed by atoms with E-state index in [1.807, 2.05) is 6.92 Å². The first-order chi connectivity index (χ1) is 7.16. The lowest BCUT2D eigenvalue weighted by Crippen LogP contribution is -2.28. The largest absolute Gasteiger partial charge is 0.391 e. The van der Waals surface area contributed by atoms with Gasteiger partial charge in [-0.05, 0) is 43.9 Å². The summed E-state index contributed by atoms with van der Waals surface area (Å²) < 4.78 is 13.4. The maximum absolute atomic E-state index is 13.4. The number of benzene rings is 1. The molecule has 0 saturated heterocycles. The summed E-state index contributed by atoms with van der Waals surface area (Å²) in [5.74, 6) is -0.250. The molecular formula is C12H16FNO. The SMILES string of the molecule is Cc1ccc(F)c(NC2CCCC2O)c1. The number of hydrogen-bond acceptors (Lipinski definition) is 2. The third kappa shape index (κ3) is 2.29. The number of anilines is 1. The fraction of sp³-hybridized carbons (Fsp3) is 0.500. The molecule has 2 unspecified atom stereocenters. The monoisotopic (exact) mass is 209 g/mol. The minimum atomic E-state index is -0.343. The van der Waals surface area contributed by atoms with Gasteiger partial charge in [0.25, 0.3) is 0 Å². The second-order valence-electron chi connectivity index (χ2n) is 4.23. The van der Waals surface area contributed by atoms with Crippen molar-refractivity contribution in [1.29, 1.82) is 0 Å². The van der Waals surface area contributed by atoms with E-state index in [1.165, 1.54) is 6.07 Å². The van der Waals surface area contributed by atoms with Crippen molar-refractivity contribution in [3.63, 3.8) is 0 Å². The first-order valence-electron chi connectivity index (χ1n) is 5.37. The van der Waals surface area contributed by atoms with Crippen LogP contribution >= 0.6 is 0 Å². The van der Waals surface area contributed by atoms with Gasteiger partial charge in [-0.2, -0.15) is 0 Å². The van der Waals surface area contributed by atoms with Gasteiger partial charge < -0.3 is 10.4 Å². The predicted octanol–water partition coefficient (Wildman–Crippen LogP) is 2.46. The zero-order chi connectivity index (χ0) is 10.8. The molecule has 2 rings (SSSR count). The molecule has 1 saturated carbocycles. The Kier molecular flexibility index (Phi) is 2.91. The average Bonchev–Trinajstić information content (AvgIpc) is 2.58. The fourth-order valence-corrected chi connectivity index (χ4v) is 2.06. The minimum absolute atomic E-state index is 0.00120. The smallest absolute Gasteiger partial charge is 0.146 e. The Morgan fingerprint density at radius 1 is 1.40 bits per heavy atom. The zero-order valence-corrected chi connectivity index (χ0v) is 8.83. The lowest BCUT2D eigenvalue weighted by molar-refractivity contribution is 0.171. The Hall–Kier alpha value is -1.09. The Morgan fingerprint density at radius 3 is 2.87 bits per heavy atom. The number of aryl methyl sites for hydroxylation is 1. The molecule has 3 heteroatoms. The molecule has 1 aliphatic rings. The normalized spacial score (nSPS) is 25.5. The van der Waals surface area contributed by atoms with Crippen LogP contribution in [0.25, 0.3) is 0 Å². The van der Waals surface area contributed by atoms with Gasteiger partial charge >= 0.3 is 0 Å². The summed E-state index contributed by atoms with van der Waals surface area (Å²) in [6, 6.07) is 4.98. The van der Waals surface area contributed by atoms with Crippen LogP contribution in [0, 0.1) is 12.7 Å². The summed E-state index contributed by atoms with van der Waals surface area (Å²) in [6.45, 7) is 1.93. The molecule has 1 fully saturated rings. The van der Waals surface area contributed by atoms with Crippen LogP contribution in [0.5, 0.6) is 0 Å². The van der Waals surface area contributed by atoms with Crippen molar-refractivity contribution >= 4 is 5.69 Å². The lowest BCUT2D eigenvalue weighted by atomic mass is 10.1. The number of nitrogens with one attached hydrogen (secondary N) is 1. The van der Waals surface area contributed by atoms with Crippen molar-refractivity contribution in [1.82, 2.24) is 0 Å². The number of halogens is 1. The summed E-state index contributed by atoms with van der Waals surface area (Å²) in [4.78, 5) is 0. The molecule has 1 aromatic carbocycles. The van der Waals surface area contributed by atoms with Crippen LogP contribution in [0.1, 0.15) is 24.8 Å². The van der Waals surface area contributed by atoms with E-state index in [0.717, 1.165) is 24.8 Å². The van der Waals surface area contributed by atoms with Crippen molar-refractivity contribution in [2.45, 2.75) is 38.3 Å². The number of rotatable bonds is 2. The molecule has 0 radical (unpaired) electrons. The quantitative estimate of drug-likeness (QED) is 0.784. The molecule has 0 spiro atoms. The lowest BCUT2D eigenvalue weighted by Gasteiger charge is -2.18. The van der Waals surface area contributed by atoms with Crippen molar-refractivity contribution in [3.8, 4) is 0 Å². The highest BCUT2D eigenvalue weighted by molar-refractivity contribution is 5.48.